The molecule has 0 bridgehead atoms. The second-order valence-corrected chi connectivity index (χ2v) is 2.49. The van der Waals surface area contributed by atoms with Crippen LogP contribution in [-0.4, -0.2) is 19.1 Å². The SMILES string of the molecule is CNC1CCCC1N. The van der Waals surface area contributed by atoms with Crippen molar-refractivity contribution in [3.05, 3.63) is 0 Å². The fourth-order valence-electron chi connectivity index (χ4n) is 1.35. The van der Waals surface area contributed by atoms with E-state index in [1.165, 1.54) is 19.3 Å². The molecule has 48 valence electrons. The Morgan fingerprint density at radius 3 is 2.50 bits per heavy atom. The Labute approximate surface area is 50.4 Å². The third-order valence-corrected chi connectivity index (χ3v) is 1.94. The molecule has 0 saturated heterocycles. The number of hydrogen-bond acceptors (Lipinski definition) is 2. The van der Waals surface area contributed by atoms with Gasteiger partial charge in [0.25, 0.3) is 0 Å². The molecule has 0 heterocycles. The van der Waals surface area contributed by atoms with E-state index < -0.39 is 0 Å². The molecule has 1 fully saturated rings. The molecular weight excluding hydrogens is 100 g/mol. The zero-order valence-electron chi connectivity index (χ0n) is 5.35. The summed E-state index contributed by atoms with van der Waals surface area (Å²) >= 11 is 0. The predicted octanol–water partition coefficient (Wildman–Crippen LogP) is 0.0856. The summed E-state index contributed by atoms with van der Waals surface area (Å²) in [6.07, 6.45) is 3.76. The molecule has 8 heavy (non-hydrogen) atoms. The van der Waals surface area contributed by atoms with Gasteiger partial charge in [-0.25, -0.2) is 0 Å². The van der Waals surface area contributed by atoms with Crippen LogP contribution in [0, 0.1) is 0 Å². The molecule has 1 aliphatic carbocycles. The first-order valence-electron chi connectivity index (χ1n) is 3.27. The maximum absolute atomic E-state index is 5.73. The summed E-state index contributed by atoms with van der Waals surface area (Å²) in [5, 5.41) is 3.19. The monoisotopic (exact) mass is 114 g/mol. The van der Waals surface area contributed by atoms with Crippen LogP contribution in [0.3, 0.4) is 0 Å². The van der Waals surface area contributed by atoms with Crippen molar-refractivity contribution in [1.82, 2.24) is 5.32 Å². The lowest BCUT2D eigenvalue weighted by molar-refractivity contribution is 0.518. The van der Waals surface area contributed by atoms with E-state index >= 15 is 0 Å². The fourth-order valence-corrected chi connectivity index (χ4v) is 1.35. The number of hydrogen-bond donors (Lipinski definition) is 2. The molecule has 0 radical (unpaired) electrons. The molecule has 2 atom stereocenters. The molecular formula is C6H14N2. The third kappa shape index (κ3) is 1.01. The Hall–Kier alpha value is -0.0800. The molecule has 2 nitrogen and oxygen atoms in total. The zero-order valence-corrected chi connectivity index (χ0v) is 5.35. The van der Waals surface area contributed by atoms with Crippen molar-refractivity contribution in [1.29, 1.82) is 0 Å². The lowest BCUT2D eigenvalue weighted by Crippen LogP contribution is -2.38. The number of nitrogens with one attached hydrogen (secondary N) is 1. The molecule has 1 aliphatic rings. The topological polar surface area (TPSA) is 38.0 Å². The molecule has 1 saturated carbocycles. The number of nitrogens with two attached hydrogens (primary N) is 1. The molecule has 0 aliphatic heterocycles. The predicted molar refractivity (Wildman–Crippen MR) is 34.7 cm³/mol. The van der Waals surface area contributed by atoms with Gasteiger partial charge in [0, 0.05) is 12.1 Å². The van der Waals surface area contributed by atoms with Crippen LogP contribution >= 0.6 is 0 Å². The van der Waals surface area contributed by atoms with Crippen molar-refractivity contribution < 1.29 is 0 Å². The quantitative estimate of drug-likeness (QED) is 0.507. The van der Waals surface area contributed by atoms with E-state index in [0.29, 0.717) is 12.1 Å². The first-order valence-corrected chi connectivity index (χ1v) is 3.27. The van der Waals surface area contributed by atoms with E-state index in [9.17, 15) is 0 Å². The van der Waals surface area contributed by atoms with Crippen molar-refractivity contribution >= 4 is 0 Å². The molecule has 1 rings (SSSR count). The van der Waals surface area contributed by atoms with Crippen molar-refractivity contribution in [2.45, 2.75) is 31.3 Å². The summed E-state index contributed by atoms with van der Waals surface area (Å²) in [5.41, 5.74) is 5.73. The fraction of sp³-hybridized carbons (Fsp3) is 1.00. The van der Waals surface area contributed by atoms with Crippen molar-refractivity contribution in [2.75, 3.05) is 7.05 Å². The maximum atomic E-state index is 5.73. The van der Waals surface area contributed by atoms with Gasteiger partial charge in [-0.3, -0.25) is 0 Å². The summed E-state index contributed by atoms with van der Waals surface area (Å²) in [6.45, 7) is 0. The molecule has 0 spiro atoms. The van der Waals surface area contributed by atoms with Gasteiger partial charge in [-0.1, -0.05) is 6.42 Å². The summed E-state index contributed by atoms with van der Waals surface area (Å²) in [7, 11) is 1.98. The Kier molecular flexibility index (Phi) is 1.86. The molecule has 3 N–H and O–H groups in total. The van der Waals surface area contributed by atoms with E-state index in [1.54, 1.807) is 0 Å². The van der Waals surface area contributed by atoms with Gasteiger partial charge in [-0.15, -0.1) is 0 Å². The van der Waals surface area contributed by atoms with Crippen LogP contribution < -0.4 is 11.1 Å². The minimum atomic E-state index is 0.417. The minimum absolute atomic E-state index is 0.417. The van der Waals surface area contributed by atoms with E-state index in [2.05, 4.69) is 5.32 Å². The smallest absolute Gasteiger partial charge is 0.0216 e. The summed E-state index contributed by atoms with van der Waals surface area (Å²) in [4.78, 5) is 0. The Morgan fingerprint density at radius 2 is 2.25 bits per heavy atom. The second-order valence-electron chi connectivity index (χ2n) is 2.49. The Bertz CT molecular complexity index is 72.9. The van der Waals surface area contributed by atoms with Gasteiger partial charge in [0.05, 0.1) is 0 Å². The van der Waals surface area contributed by atoms with E-state index in [-0.39, 0.29) is 0 Å². The van der Waals surface area contributed by atoms with Crippen LogP contribution in [-0.2, 0) is 0 Å². The first kappa shape index (κ1) is 6.05. The van der Waals surface area contributed by atoms with Gasteiger partial charge in [0.2, 0.25) is 0 Å². The number of rotatable bonds is 1. The van der Waals surface area contributed by atoms with Crippen LogP contribution in [0.15, 0.2) is 0 Å². The largest absolute Gasteiger partial charge is 0.326 e. The normalized spacial score (nSPS) is 38.2. The minimum Gasteiger partial charge on any atom is -0.326 e. The van der Waals surface area contributed by atoms with Gasteiger partial charge in [0.15, 0.2) is 0 Å². The van der Waals surface area contributed by atoms with Crippen molar-refractivity contribution in [3.8, 4) is 0 Å². The Morgan fingerprint density at radius 1 is 1.50 bits per heavy atom. The van der Waals surface area contributed by atoms with E-state index in [4.69, 9.17) is 5.73 Å². The van der Waals surface area contributed by atoms with E-state index in [0.717, 1.165) is 0 Å². The molecule has 2 heteroatoms. The summed E-state index contributed by atoms with van der Waals surface area (Å²) in [5.74, 6) is 0. The van der Waals surface area contributed by atoms with E-state index in [1.807, 2.05) is 7.05 Å². The maximum Gasteiger partial charge on any atom is 0.0216 e. The highest BCUT2D eigenvalue weighted by atomic mass is 14.9. The molecule has 2 unspecified atom stereocenters. The molecule has 0 amide bonds. The van der Waals surface area contributed by atoms with Crippen LogP contribution in [0.1, 0.15) is 19.3 Å². The average Bonchev–Trinajstić information content (AvgIpc) is 2.14. The lowest BCUT2D eigenvalue weighted by Gasteiger charge is -2.12. The first-order chi connectivity index (χ1) is 3.84. The van der Waals surface area contributed by atoms with Gasteiger partial charge in [-0.2, -0.15) is 0 Å². The average molecular weight is 114 g/mol. The Balaban J connectivity index is 2.30. The number of likely N-dealkylation sites (N-methyl/N-ethyl adjacent to an activating group) is 1. The van der Waals surface area contributed by atoms with Gasteiger partial charge >= 0.3 is 0 Å². The van der Waals surface area contributed by atoms with Crippen molar-refractivity contribution in [2.24, 2.45) is 5.73 Å². The highest BCUT2D eigenvalue weighted by Gasteiger charge is 2.21. The highest BCUT2D eigenvalue weighted by molar-refractivity contribution is 4.84. The third-order valence-electron chi connectivity index (χ3n) is 1.94. The zero-order chi connectivity index (χ0) is 5.98. The summed E-state index contributed by atoms with van der Waals surface area (Å²) in [6, 6.07) is 1.01. The van der Waals surface area contributed by atoms with Crippen LogP contribution in [0.5, 0.6) is 0 Å². The van der Waals surface area contributed by atoms with Crippen LogP contribution in [0.4, 0.5) is 0 Å². The standard InChI is InChI=1S/C6H14N2/c1-8-6-4-2-3-5(6)7/h5-6,8H,2-4,7H2,1H3. The molecule has 0 aromatic carbocycles. The lowest BCUT2D eigenvalue weighted by atomic mass is 10.2. The summed E-state index contributed by atoms with van der Waals surface area (Å²) < 4.78 is 0. The van der Waals surface area contributed by atoms with Crippen LogP contribution in [0.25, 0.3) is 0 Å². The highest BCUT2D eigenvalue weighted by Crippen LogP contribution is 2.15. The second kappa shape index (κ2) is 2.46. The van der Waals surface area contributed by atoms with Crippen molar-refractivity contribution in [3.63, 3.8) is 0 Å². The molecule has 0 aromatic heterocycles. The van der Waals surface area contributed by atoms with Gasteiger partial charge < -0.3 is 11.1 Å². The van der Waals surface area contributed by atoms with Gasteiger partial charge in [0.1, 0.15) is 0 Å². The van der Waals surface area contributed by atoms with Gasteiger partial charge in [-0.05, 0) is 19.9 Å². The van der Waals surface area contributed by atoms with Crippen LogP contribution in [0.2, 0.25) is 0 Å². The molecule has 0 aromatic rings.